The Bertz CT molecular complexity index is 958. The quantitative estimate of drug-likeness (QED) is 0.761. The maximum absolute atomic E-state index is 12.5. The highest BCUT2D eigenvalue weighted by Gasteiger charge is 2.11. The lowest BCUT2D eigenvalue weighted by Gasteiger charge is -2.10. The summed E-state index contributed by atoms with van der Waals surface area (Å²) < 4.78 is 6.67. The first kappa shape index (κ1) is 17.2. The molecule has 2 aromatic heterocycles. The van der Waals surface area contributed by atoms with Gasteiger partial charge in [0.15, 0.2) is 0 Å². The van der Waals surface area contributed by atoms with Crippen LogP contribution in [0.5, 0.6) is 5.75 Å². The summed E-state index contributed by atoms with van der Waals surface area (Å²) in [5, 5.41) is 0.519. The maximum atomic E-state index is 12.5. The van der Waals surface area contributed by atoms with Crippen LogP contribution in [0, 0.1) is 0 Å². The zero-order valence-corrected chi connectivity index (χ0v) is 15.1. The zero-order valence-electron chi connectivity index (χ0n) is 14.3. The van der Waals surface area contributed by atoms with Crippen molar-refractivity contribution in [1.82, 2.24) is 9.66 Å². The molecule has 0 atom stereocenters. The first-order valence-corrected chi connectivity index (χ1v) is 8.87. The number of thiophene rings is 1. The maximum Gasteiger partial charge on any atom is 0.280 e. The monoisotopic (exact) mass is 357 g/mol. The third-order valence-electron chi connectivity index (χ3n) is 3.56. The number of amides is 1. The molecule has 3 rings (SSSR count). The Kier molecular flexibility index (Phi) is 4.85. The molecule has 1 aromatic carbocycles. The van der Waals surface area contributed by atoms with Crippen LogP contribution in [-0.2, 0) is 6.42 Å². The number of rotatable bonds is 5. The van der Waals surface area contributed by atoms with Gasteiger partial charge in [0.1, 0.15) is 16.9 Å². The lowest BCUT2D eigenvalue weighted by Crippen LogP contribution is -2.32. The van der Waals surface area contributed by atoms with Crippen molar-refractivity contribution >= 4 is 27.5 Å². The number of nitrogens with zero attached hydrogens (tertiary/aromatic N) is 2. The Balaban J connectivity index is 1.82. The lowest BCUT2D eigenvalue weighted by atomic mass is 10.2. The van der Waals surface area contributed by atoms with E-state index in [1.165, 1.54) is 17.7 Å². The molecule has 0 radical (unpaired) electrons. The highest BCUT2D eigenvalue weighted by atomic mass is 32.1. The molecule has 0 aliphatic heterocycles. The van der Waals surface area contributed by atoms with E-state index in [1.807, 2.05) is 26.8 Å². The highest BCUT2D eigenvalue weighted by Crippen LogP contribution is 2.20. The van der Waals surface area contributed by atoms with E-state index >= 15 is 0 Å². The number of nitrogens with one attached hydrogen (secondary N) is 1. The van der Waals surface area contributed by atoms with Crippen LogP contribution in [0.4, 0.5) is 0 Å². The molecule has 0 spiro atoms. The average molecular weight is 357 g/mol. The van der Waals surface area contributed by atoms with E-state index < -0.39 is 0 Å². The van der Waals surface area contributed by atoms with E-state index in [-0.39, 0.29) is 17.6 Å². The van der Waals surface area contributed by atoms with Crippen molar-refractivity contribution in [2.24, 2.45) is 0 Å². The molecule has 6 nitrogen and oxygen atoms in total. The van der Waals surface area contributed by atoms with Gasteiger partial charge in [0, 0.05) is 10.4 Å². The molecule has 0 aliphatic rings. The van der Waals surface area contributed by atoms with Crippen LogP contribution in [0.2, 0.25) is 0 Å². The van der Waals surface area contributed by atoms with Crippen LogP contribution >= 0.6 is 11.3 Å². The van der Waals surface area contributed by atoms with Gasteiger partial charge in [0.2, 0.25) is 0 Å². The van der Waals surface area contributed by atoms with Crippen molar-refractivity contribution in [1.29, 1.82) is 0 Å². The van der Waals surface area contributed by atoms with Crippen molar-refractivity contribution in [3.63, 3.8) is 0 Å². The van der Waals surface area contributed by atoms with Crippen molar-refractivity contribution < 1.29 is 9.53 Å². The van der Waals surface area contributed by atoms with E-state index in [2.05, 4.69) is 10.4 Å². The second-order valence-corrected chi connectivity index (χ2v) is 6.95. The van der Waals surface area contributed by atoms with E-state index in [9.17, 15) is 9.59 Å². The number of benzene rings is 1. The summed E-state index contributed by atoms with van der Waals surface area (Å²) in [5.41, 5.74) is 2.72. The van der Waals surface area contributed by atoms with E-state index in [0.29, 0.717) is 21.5 Å². The van der Waals surface area contributed by atoms with Gasteiger partial charge in [0.25, 0.3) is 11.5 Å². The molecule has 2 heterocycles. The normalized spacial score (nSPS) is 11.0. The SMILES string of the molecule is CCc1cc2c(=O)n(NC(=O)c3ccc(OC(C)C)cc3)cnc2s1. The summed E-state index contributed by atoms with van der Waals surface area (Å²) >= 11 is 1.49. The fourth-order valence-electron chi connectivity index (χ4n) is 2.36. The smallest absolute Gasteiger partial charge is 0.280 e. The first-order valence-electron chi connectivity index (χ1n) is 8.06. The fraction of sp³-hybridized carbons (Fsp3) is 0.278. The molecule has 25 heavy (non-hydrogen) atoms. The van der Waals surface area contributed by atoms with Crippen molar-refractivity contribution in [3.05, 3.63) is 57.5 Å². The van der Waals surface area contributed by atoms with Crippen LogP contribution in [0.25, 0.3) is 10.2 Å². The second-order valence-electron chi connectivity index (χ2n) is 5.84. The Morgan fingerprint density at radius 3 is 2.68 bits per heavy atom. The molecule has 1 amide bonds. The molecule has 0 fully saturated rings. The molecular weight excluding hydrogens is 338 g/mol. The van der Waals surface area contributed by atoms with Gasteiger partial charge in [-0.1, -0.05) is 6.92 Å². The molecule has 0 bridgehead atoms. The highest BCUT2D eigenvalue weighted by molar-refractivity contribution is 7.18. The average Bonchev–Trinajstić information content (AvgIpc) is 3.01. The predicted octanol–water partition coefficient (Wildman–Crippen LogP) is 3.19. The Hall–Kier alpha value is -2.67. The standard InChI is InChI=1S/C18H19N3O3S/c1-4-14-9-15-17(25-14)19-10-21(18(15)23)20-16(22)12-5-7-13(8-6-12)24-11(2)3/h5-11H,4H2,1-3H3,(H,20,22). The molecule has 0 saturated carbocycles. The number of carbonyl (C=O) groups excluding carboxylic acids is 1. The summed E-state index contributed by atoms with van der Waals surface area (Å²) in [6, 6.07) is 8.60. The van der Waals surface area contributed by atoms with Crippen molar-refractivity contribution in [2.45, 2.75) is 33.3 Å². The first-order chi connectivity index (χ1) is 12.0. The summed E-state index contributed by atoms with van der Waals surface area (Å²) in [5.74, 6) is 0.308. The van der Waals surface area contributed by atoms with Gasteiger partial charge in [-0.3, -0.25) is 15.0 Å². The molecule has 0 unspecified atom stereocenters. The molecule has 0 saturated heterocycles. The van der Waals surface area contributed by atoms with E-state index in [4.69, 9.17) is 4.74 Å². The van der Waals surface area contributed by atoms with Gasteiger partial charge in [-0.2, -0.15) is 0 Å². The van der Waals surface area contributed by atoms with Crippen LogP contribution in [0.15, 0.2) is 41.5 Å². The number of aromatic nitrogens is 2. The summed E-state index contributed by atoms with van der Waals surface area (Å²) in [4.78, 5) is 30.9. The Labute approximate surface area is 149 Å². The number of hydrogen-bond donors (Lipinski definition) is 1. The van der Waals surface area contributed by atoms with Gasteiger partial charge < -0.3 is 4.74 Å². The van der Waals surface area contributed by atoms with Crippen molar-refractivity contribution in [3.8, 4) is 5.75 Å². The van der Waals surface area contributed by atoms with Gasteiger partial charge in [-0.05, 0) is 50.6 Å². The molecular formula is C18H19N3O3S. The van der Waals surface area contributed by atoms with Crippen LogP contribution in [0.3, 0.4) is 0 Å². The van der Waals surface area contributed by atoms with Gasteiger partial charge in [0.05, 0.1) is 11.5 Å². The number of fused-ring (bicyclic) bond motifs is 1. The predicted molar refractivity (Wildman–Crippen MR) is 99.2 cm³/mol. The number of ether oxygens (including phenoxy) is 1. The second kappa shape index (κ2) is 7.06. The summed E-state index contributed by atoms with van der Waals surface area (Å²) in [6.45, 7) is 5.90. The minimum atomic E-state index is -0.384. The number of carbonyl (C=O) groups is 1. The summed E-state index contributed by atoms with van der Waals surface area (Å²) in [7, 11) is 0. The lowest BCUT2D eigenvalue weighted by molar-refractivity contribution is 0.101. The van der Waals surface area contributed by atoms with Crippen LogP contribution < -0.4 is 15.7 Å². The topological polar surface area (TPSA) is 73.2 Å². The van der Waals surface area contributed by atoms with Gasteiger partial charge in [-0.25, -0.2) is 9.66 Å². The summed E-state index contributed by atoms with van der Waals surface area (Å²) in [6.07, 6.45) is 2.25. The van der Waals surface area contributed by atoms with Crippen LogP contribution in [0.1, 0.15) is 36.0 Å². The number of hydrogen-bond acceptors (Lipinski definition) is 5. The minimum absolute atomic E-state index is 0.0645. The van der Waals surface area contributed by atoms with E-state index in [1.54, 1.807) is 24.3 Å². The minimum Gasteiger partial charge on any atom is -0.491 e. The number of aryl methyl sites for hydroxylation is 1. The Morgan fingerprint density at radius 2 is 2.04 bits per heavy atom. The van der Waals surface area contributed by atoms with Crippen molar-refractivity contribution in [2.75, 3.05) is 5.43 Å². The third kappa shape index (κ3) is 3.71. The largest absolute Gasteiger partial charge is 0.491 e. The van der Waals surface area contributed by atoms with Gasteiger partial charge in [-0.15, -0.1) is 11.3 Å². The fourth-order valence-corrected chi connectivity index (χ4v) is 3.28. The Morgan fingerprint density at radius 1 is 1.32 bits per heavy atom. The molecule has 3 aromatic rings. The van der Waals surface area contributed by atoms with Crippen LogP contribution in [-0.4, -0.2) is 21.7 Å². The molecule has 1 N–H and O–H groups in total. The molecule has 7 heteroatoms. The van der Waals surface area contributed by atoms with E-state index in [0.717, 1.165) is 16.0 Å². The molecule has 0 aliphatic carbocycles. The zero-order chi connectivity index (χ0) is 18.0. The third-order valence-corrected chi connectivity index (χ3v) is 4.75. The van der Waals surface area contributed by atoms with Gasteiger partial charge >= 0.3 is 0 Å². The molecule has 130 valence electrons.